The highest BCUT2D eigenvalue weighted by molar-refractivity contribution is 4.76. The predicted octanol–water partition coefficient (Wildman–Crippen LogP) is 1.69. The van der Waals surface area contributed by atoms with Gasteiger partial charge in [0.25, 0.3) is 0 Å². The summed E-state index contributed by atoms with van der Waals surface area (Å²) in [5.41, 5.74) is 0. The number of rotatable bonds is 1. The zero-order valence-corrected chi connectivity index (χ0v) is 6.12. The van der Waals surface area contributed by atoms with E-state index in [1.54, 1.807) is 0 Å². The van der Waals surface area contributed by atoms with Crippen molar-refractivity contribution in [1.82, 2.24) is 0 Å². The minimum atomic E-state index is -0.627. The van der Waals surface area contributed by atoms with Crippen LogP contribution in [0.25, 0.3) is 0 Å². The zero-order chi connectivity index (χ0) is 6.74. The van der Waals surface area contributed by atoms with Crippen LogP contribution in [0.5, 0.6) is 0 Å². The molecule has 0 atom stereocenters. The van der Waals surface area contributed by atoms with Crippen LogP contribution in [0.1, 0.15) is 32.1 Å². The third kappa shape index (κ3) is 1.65. The maximum absolute atomic E-state index is 10.1. The van der Waals surface area contributed by atoms with E-state index in [0.29, 0.717) is 0 Å². The molecule has 2 nitrogen and oxygen atoms in total. The van der Waals surface area contributed by atoms with E-state index in [2.05, 4.69) is 5.18 Å². The summed E-state index contributed by atoms with van der Waals surface area (Å²) in [5, 5.41) is 2.94. The van der Waals surface area contributed by atoms with Crippen LogP contribution in [-0.4, -0.2) is 5.00 Å². The van der Waals surface area contributed by atoms with Gasteiger partial charge in [0.1, 0.15) is 11.6 Å². The molecule has 0 unspecified atom stereocenters. The Labute approximate surface area is 59.6 Å². The van der Waals surface area contributed by atoms with Crippen molar-refractivity contribution in [3.63, 3.8) is 0 Å². The smallest absolute Gasteiger partial charge is 0.144 e. The monoisotopic (exact) mass is 148 g/mol. The van der Waals surface area contributed by atoms with E-state index in [-0.39, 0.29) is 0 Å². The summed E-state index contributed by atoms with van der Waals surface area (Å²) >= 11 is 4.98. The molecule has 0 aromatic rings. The van der Waals surface area contributed by atoms with Crippen LogP contribution in [-0.2, 0) is 0 Å². The van der Waals surface area contributed by atoms with Gasteiger partial charge in [-0.25, -0.2) is 0 Å². The average Bonchev–Trinajstić information content (AvgIpc) is 1.90. The average molecular weight is 149 g/mol. The van der Waals surface area contributed by atoms with Gasteiger partial charge in [-0.15, -0.1) is 4.91 Å². The van der Waals surface area contributed by atoms with Crippen molar-refractivity contribution in [2.75, 3.05) is 0 Å². The van der Waals surface area contributed by atoms with Gasteiger partial charge >= 0.3 is 5.00 Å². The van der Waals surface area contributed by atoms with Crippen molar-refractivity contribution in [2.45, 2.75) is 37.1 Å². The molecule has 0 radical (unpaired) electrons. The molecular formula is C6H11ClNO+. The number of alkyl halides is 1. The Morgan fingerprint density at radius 3 is 2.11 bits per heavy atom. The van der Waals surface area contributed by atoms with Gasteiger partial charge in [-0.1, -0.05) is 6.42 Å². The van der Waals surface area contributed by atoms with Gasteiger partial charge in [0.15, 0.2) is 0 Å². The number of hydrogen-bond donors (Lipinski definition) is 0. The highest BCUT2D eigenvalue weighted by Gasteiger charge is 2.38. The fourth-order valence-electron chi connectivity index (χ4n) is 1.20. The van der Waals surface area contributed by atoms with Crippen molar-refractivity contribution in [3.8, 4) is 0 Å². The minimum absolute atomic E-state index is 0.627. The van der Waals surface area contributed by atoms with Gasteiger partial charge in [-0.05, 0) is 12.8 Å². The number of halogens is 1. The molecule has 52 valence electrons. The lowest BCUT2D eigenvalue weighted by Gasteiger charge is -2.15. The lowest BCUT2D eigenvalue weighted by atomic mass is 9.96. The molecule has 0 aromatic carbocycles. The van der Waals surface area contributed by atoms with Crippen molar-refractivity contribution >= 4 is 0 Å². The maximum atomic E-state index is 10.1. The molecule has 3 heteroatoms. The Balaban J connectivity index is 2.46. The highest BCUT2D eigenvalue weighted by Crippen LogP contribution is 2.29. The first-order valence-corrected chi connectivity index (χ1v) is 3.73. The van der Waals surface area contributed by atoms with E-state index in [9.17, 15) is 4.91 Å². The molecule has 9 heavy (non-hydrogen) atoms. The van der Waals surface area contributed by atoms with Crippen LogP contribution in [0.4, 0.5) is 0 Å². The van der Waals surface area contributed by atoms with Gasteiger partial charge < -0.3 is 0 Å². The molecule has 0 N–H and O–H groups in total. The van der Waals surface area contributed by atoms with Gasteiger partial charge in [-0.3, -0.25) is 0 Å². The largest absolute Gasteiger partial charge is 0.315 e. The van der Waals surface area contributed by atoms with Crippen LogP contribution in [0.3, 0.4) is 0 Å². The molecule has 0 aromatic heterocycles. The fourth-order valence-corrected chi connectivity index (χ4v) is 1.48. The Morgan fingerprint density at radius 2 is 1.78 bits per heavy atom. The van der Waals surface area contributed by atoms with Crippen LogP contribution in [0.15, 0.2) is 5.18 Å². The lowest BCUT2D eigenvalue weighted by Crippen LogP contribution is -2.25. The van der Waals surface area contributed by atoms with E-state index in [1.807, 2.05) is 0 Å². The second-order valence-electron chi connectivity index (χ2n) is 2.60. The number of nitrogens with zero attached hydrogens (tertiary/aromatic N) is 1. The first-order valence-electron chi connectivity index (χ1n) is 3.32. The molecule has 0 bridgehead atoms. The van der Waals surface area contributed by atoms with Crippen molar-refractivity contribution in [3.05, 3.63) is 4.91 Å². The second kappa shape index (κ2) is 2.65. The quantitative estimate of drug-likeness (QED) is 0.316. The van der Waals surface area contributed by atoms with Crippen molar-refractivity contribution in [1.29, 1.82) is 0 Å². The molecule has 1 aliphatic rings. The molecule has 0 heterocycles. The first-order chi connectivity index (χ1) is 4.27. The minimum Gasteiger partial charge on any atom is -0.144 e. The topological polar surface area (TPSA) is 29.4 Å². The summed E-state index contributed by atoms with van der Waals surface area (Å²) in [6.45, 7) is 0. The third-order valence-corrected chi connectivity index (χ3v) is 2.28. The van der Waals surface area contributed by atoms with Crippen LogP contribution < -0.4 is 0 Å². The summed E-state index contributed by atoms with van der Waals surface area (Å²) in [4.78, 5) is 9.50. The predicted molar refractivity (Wildman–Crippen MR) is 33.0 cm³/mol. The molecular weight excluding hydrogens is 138 g/mol. The molecule has 0 spiro atoms. The van der Waals surface area contributed by atoms with E-state index < -0.39 is 5.00 Å². The molecule has 1 rings (SSSR count). The molecule has 0 saturated heterocycles. The zero-order valence-electron chi connectivity index (χ0n) is 5.30. The molecule has 1 fully saturated rings. The Bertz CT molecular complexity index is 110. The van der Waals surface area contributed by atoms with Crippen molar-refractivity contribution in [2.24, 2.45) is 5.18 Å². The normalized spacial score (nSPS) is 25.4. The summed E-state index contributed by atoms with van der Waals surface area (Å²) in [6.07, 6.45) is 5.00. The Morgan fingerprint density at radius 1 is 1.22 bits per heavy atom. The van der Waals surface area contributed by atoms with E-state index >= 15 is 0 Å². The number of hydrogen-bond acceptors (Lipinski definition) is 2. The van der Waals surface area contributed by atoms with Gasteiger partial charge in [0.2, 0.25) is 0 Å². The standard InChI is InChI=1S/C6H11ClNO/c7-6(8-9)4-2-1-3-5-6/h7H,1-5H2/q+1. The summed E-state index contributed by atoms with van der Waals surface area (Å²) in [5.74, 6) is 0. The van der Waals surface area contributed by atoms with E-state index in [4.69, 9.17) is 11.6 Å². The molecule has 0 aliphatic heterocycles. The summed E-state index contributed by atoms with van der Waals surface area (Å²) < 4.78 is 0. The Hall–Kier alpha value is -0.110. The van der Waals surface area contributed by atoms with Gasteiger partial charge in [0.05, 0.1) is 0 Å². The maximum Gasteiger partial charge on any atom is 0.315 e. The summed E-state index contributed by atoms with van der Waals surface area (Å²) in [7, 11) is 0. The third-order valence-electron chi connectivity index (χ3n) is 1.80. The highest BCUT2D eigenvalue weighted by atomic mass is 35.5. The Kier molecular flexibility index (Phi) is 2.06. The van der Waals surface area contributed by atoms with Crippen molar-refractivity contribution < 1.29 is 11.6 Å². The first kappa shape index (κ1) is 7.00. The van der Waals surface area contributed by atoms with E-state index in [1.165, 1.54) is 6.42 Å². The van der Waals surface area contributed by atoms with Crippen LogP contribution in [0.2, 0.25) is 0 Å². The lowest BCUT2D eigenvalue weighted by molar-refractivity contribution is -0.482. The SMILES string of the molecule is O=NC1([ClH+])CCCCC1. The van der Waals surface area contributed by atoms with Crippen LogP contribution >= 0.6 is 0 Å². The number of nitroso groups, excluding NO2 is 1. The van der Waals surface area contributed by atoms with E-state index in [0.717, 1.165) is 25.7 Å². The molecule has 1 aliphatic carbocycles. The molecule has 1 saturated carbocycles. The fraction of sp³-hybridized carbons (Fsp3) is 1.00. The second-order valence-corrected chi connectivity index (χ2v) is 3.36. The summed E-state index contributed by atoms with van der Waals surface area (Å²) in [6, 6.07) is 0. The van der Waals surface area contributed by atoms with Crippen LogP contribution in [0, 0.1) is 16.5 Å². The van der Waals surface area contributed by atoms with Gasteiger partial charge in [-0.2, -0.15) is 0 Å². The van der Waals surface area contributed by atoms with Gasteiger partial charge in [0, 0.05) is 18.0 Å². The molecule has 0 amide bonds.